The van der Waals surface area contributed by atoms with Crippen molar-refractivity contribution in [2.45, 2.75) is 31.0 Å². The van der Waals surface area contributed by atoms with Crippen molar-refractivity contribution in [2.75, 3.05) is 13.1 Å². The van der Waals surface area contributed by atoms with Crippen molar-refractivity contribution >= 4 is 17.5 Å². The van der Waals surface area contributed by atoms with Gasteiger partial charge in [-0.05, 0) is 17.7 Å². The van der Waals surface area contributed by atoms with Crippen molar-refractivity contribution in [3.05, 3.63) is 34.9 Å². The Morgan fingerprint density at radius 3 is 2.24 bits per heavy atom. The van der Waals surface area contributed by atoms with E-state index in [1.165, 1.54) is 4.90 Å². The highest BCUT2D eigenvalue weighted by Gasteiger charge is 2.54. The smallest absolute Gasteiger partial charge is 0.380 e. The summed E-state index contributed by atoms with van der Waals surface area (Å²) in [5, 5.41) is 10.1. The highest BCUT2D eigenvalue weighted by molar-refractivity contribution is 6.30. The van der Waals surface area contributed by atoms with E-state index in [0.29, 0.717) is 5.02 Å². The van der Waals surface area contributed by atoms with Gasteiger partial charge < -0.3 is 10.0 Å². The van der Waals surface area contributed by atoms with Crippen LogP contribution in [0.2, 0.25) is 5.02 Å². The normalized spacial score (nSPS) is 18.6. The molecule has 0 radical (unpaired) electrons. The number of rotatable bonds is 2. The Morgan fingerprint density at radius 2 is 1.76 bits per heavy atom. The van der Waals surface area contributed by atoms with Crippen LogP contribution in [0.15, 0.2) is 24.3 Å². The first-order chi connectivity index (χ1) is 9.71. The fourth-order valence-corrected chi connectivity index (χ4v) is 2.42. The van der Waals surface area contributed by atoms with Gasteiger partial charge in [-0.15, -0.1) is 0 Å². The molecule has 0 aromatic heterocycles. The molecule has 1 fully saturated rings. The largest absolute Gasteiger partial charge is 0.417 e. The van der Waals surface area contributed by atoms with E-state index in [0.717, 1.165) is 5.56 Å². The molecule has 7 heteroatoms. The number of halogens is 4. The van der Waals surface area contributed by atoms with Crippen molar-refractivity contribution in [1.29, 1.82) is 0 Å². The Kier molecular flexibility index (Phi) is 4.49. The minimum absolute atomic E-state index is 0.0948. The zero-order chi connectivity index (χ0) is 15.7. The van der Waals surface area contributed by atoms with Crippen LogP contribution in [-0.4, -0.2) is 40.8 Å². The molecule has 1 N–H and O–H groups in total. The van der Waals surface area contributed by atoms with Gasteiger partial charge >= 0.3 is 6.18 Å². The summed E-state index contributed by atoms with van der Waals surface area (Å²) in [6, 6.07) is 6.72. The van der Waals surface area contributed by atoms with Crippen LogP contribution < -0.4 is 0 Å². The van der Waals surface area contributed by atoms with Gasteiger partial charge in [0.25, 0.3) is 0 Å². The highest BCUT2D eigenvalue weighted by Crippen LogP contribution is 2.38. The van der Waals surface area contributed by atoms with E-state index < -0.39 is 24.6 Å². The number of benzene rings is 1. The quantitative estimate of drug-likeness (QED) is 0.910. The van der Waals surface area contributed by atoms with E-state index in [9.17, 15) is 23.1 Å². The Labute approximate surface area is 125 Å². The lowest BCUT2D eigenvalue weighted by Crippen LogP contribution is -2.54. The third kappa shape index (κ3) is 3.68. The van der Waals surface area contributed by atoms with Gasteiger partial charge in [-0.25, -0.2) is 0 Å². The maximum absolute atomic E-state index is 12.7. The molecular weight excluding hydrogens is 307 g/mol. The molecule has 2 rings (SSSR count). The number of likely N-dealkylation sites (tertiary alicyclic amines) is 1. The molecule has 1 aromatic rings. The third-order valence-electron chi connectivity index (χ3n) is 3.74. The molecule has 21 heavy (non-hydrogen) atoms. The molecule has 116 valence electrons. The first-order valence-electron chi connectivity index (χ1n) is 6.53. The molecule has 1 aromatic carbocycles. The monoisotopic (exact) mass is 321 g/mol. The Bertz CT molecular complexity index is 508. The van der Waals surface area contributed by atoms with Crippen LogP contribution in [0.25, 0.3) is 0 Å². The zero-order valence-corrected chi connectivity index (χ0v) is 11.9. The first-order valence-corrected chi connectivity index (χ1v) is 6.90. The van der Waals surface area contributed by atoms with Crippen molar-refractivity contribution in [2.24, 2.45) is 0 Å². The van der Waals surface area contributed by atoms with E-state index in [-0.39, 0.29) is 25.4 Å². The predicted molar refractivity (Wildman–Crippen MR) is 72.0 cm³/mol. The number of hydrogen-bond donors (Lipinski definition) is 1. The van der Waals surface area contributed by atoms with Crippen molar-refractivity contribution in [3.63, 3.8) is 0 Å². The minimum atomic E-state index is -4.65. The second kappa shape index (κ2) is 5.85. The summed E-state index contributed by atoms with van der Waals surface area (Å²) in [5.74, 6) is -0.249. The van der Waals surface area contributed by atoms with Gasteiger partial charge in [-0.3, -0.25) is 4.79 Å². The number of amides is 1. The average molecular weight is 322 g/mol. The summed E-state index contributed by atoms with van der Waals surface area (Å²) >= 11 is 5.74. The molecule has 0 spiro atoms. The van der Waals surface area contributed by atoms with Crippen LogP contribution in [0.1, 0.15) is 18.4 Å². The maximum atomic E-state index is 12.7. The number of hydrogen-bond acceptors (Lipinski definition) is 2. The van der Waals surface area contributed by atoms with Crippen LogP contribution >= 0.6 is 11.6 Å². The van der Waals surface area contributed by atoms with Gasteiger partial charge in [-0.1, -0.05) is 23.7 Å². The summed E-state index contributed by atoms with van der Waals surface area (Å²) in [7, 11) is 0. The van der Waals surface area contributed by atoms with Gasteiger partial charge in [0.05, 0.1) is 6.42 Å². The van der Waals surface area contributed by atoms with E-state index in [2.05, 4.69) is 0 Å². The van der Waals surface area contributed by atoms with Crippen molar-refractivity contribution in [3.8, 4) is 0 Å². The lowest BCUT2D eigenvalue weighted by molar-refractivity contribution is -0.272. The van der Waals surface area contributed by atoms with E-state index >= 15 is 0 Å². The van der Waals surface area contributed by atoms with Crippen LogP contribution in [0.5, 0.6) is 0 Å². The molecule has 3 nitrogen and oxygen atoms in total. The van der Waals surface area contributed by atoms with Crippen molar-refractivity contribution < 1.29 is 23.1 Å². The number of piperidine rings is 1. The fourth-order valence-electron chi connectivity index (χ4n) is 2.30. The summed E-state index contributed by atoms with van der Waals surface area (Å²) in [6.07, 6.45) is -5.51. The van der Waals surface area contributed by atoms with Crippen LogP contribution in [-0.2, 0) is 11.2 Å². The van der Waals surface area contributed by atoms with Gasteiger partial charge in [-0.2, -0.15) is 13.2 Å². The zero-order valence-electron chi connectivity index (χ0n) is 11.2. The summed E-state index contributed by atoms with van der Waals surface area (Å²) in [4.78, 5) is 13.4. The van der Waals surface area contributed by atoms with E-state index in [4.69, 9.17) is 11.6 Å². The second-order valence-corrected chi connectivity index (χ2v) is 5.65. The average Bonchev–Trinajstić information content (AvgIpc) is 2.41. The molecule has 1 heterocycles. The standard InChI is InChI=1S/C14H15ClF3NO2/c15-11-3-1-10(2-4-11)9-12(20)19-7-5-13(21,6-8-19)14(16,17)18/h1-4,21H,5-9H2. The van der Waals surface area contributed by atoms with Gasteiger partial charge in [0, 0.05) is 31.0 Å². The molecule has 0 atom stereocenters. The Morgan fingerprint density at radius 1 is 1.24 bits per heavy atom. The lowest BCUT2D eigenvalue weighted by atomic mass is 9.90. The molecule has 1 aliphatic heterocycles. The molecule has 0 saturated carbocycles. The Balaban J connectivity index is 1.93. The number of carbonyl (C=O) groups excluding carboxylic acids is 1. The summed E-state index contributed by atoms with van der Waals surface area (Å²) in [6.45, 7) is -0.190. The number of carbonyl (C=O) groups is 1. The van der Waals surface area contributed by atoms with Gasteiger partial charge in [0.1, 0.15) is 0 Å². The minimum Gasteiger partial charge on any atom is -0.380 e. The molecular formula is C14H15ClF3NO2. The molecule has 1 amide bonds. The second-order valence-electron chi connectivity index (χ2n) is 5.21. The fraction of sp³-hybridized carbons (Fsp3) is 0.500. The topological polar surface area (TPSA) is 40.5 Å². The van der Waals surface area contributed by atoms with E-state index in [1.54, 1.807) is 24.3 Å². The SMILES string of the molecule is O=C(Cc1ccc(Cl)cc1)N1CCC(O)(C(F)(F)F)CC1. The number of aliphatic hydroxyl groups is 1. The number of nitrogens with zero attached hydrogens (tertiary/aromatic N) is 1. The highest BCUT2D eigenvalue weighted by atomic mass is 35.5. The summed E-state index contributed by atoms with van der Waals surface area (Å²) in [5.41, 5.74) is -1.93. The lowest BCUT2D eigenvalue weighted by Gasteiger charge is -2.39. The molecule has 1 aliphatic rings. The maximum Gasteiger partial charge on any atom is 0.417 e. The molecule has 0 aliphatic carbocycles. The van der Waals surface area contributed by atoms with Crippen LogP contribution in [0, 0.1) is 0 Å². The number of alkyl halides is 3. The van der Waals surface area contributed by atoms with Crippen LogP contribution in [0.3, 0.4) is 0 Å². The third-order valence-corrected chi connectivity index (χ3v) is 3.99. The molecule has 0 unspecified atom stereocenters. The van der Waals surface area contributed by atoms with Crippen LogP contribution in [0.4, 0.5) is 13.2 Å². The van der Waals surface area contributed by atoms with E-state index in [1.807, 2.05) is 0 Å². The van der Waals surface area contributed by atoms with Gasteiger partial charge in [0.15, 0.2) is 5.60 Å². The van der Waals surface area contributed by atoms with Crippen molar-refractivity contribution in [1.82, 2.24) is 4.90 Å². The molecule has 1 saturated heterocycles. The molecule has 0 bridgehead atoms. The predicted octanol–water partition coefficient (Wildman–Crippen LogP) is 2.80. The van der Waals surface area contributed by atoms with Gasteiger partial charge in [0.2, 0.25) is 5.91 Å². The summed E-state index contributed by atoms with van der Waals surface area (Å²) < 4.78 is 38.0. The Hall–Kier alpha value is -1.27. The first kappa shape index (κ1) is 16.1.